The number of aryl methyl sites for hydroxylation is 1. The van der Waals surface area contributed by atoms with Crippen LogP contribution in [0.5, 0.6) is 0 Å². The van der Waals surface area contributed by atoms with E-state index in [-0.39, 0.29) is 5.97 Å². The van der Waals surface area contributed by atoms with E-state index in [0.29, 0.717) is 0 Å². The molecule has 3 nitrogen and oxygen atoms in total. The largest absolute Gasteiger partial charge is 0.467 e. The van der Waals surface area contributed by atoms with E-state index in [0.717, 1.165) is 18.5 Å². The topological polar surface area (TPSA) is 38.3 Å². The van der Waals surface area contributed by atoms with Crippen LogP contribution < -0.4 is 5.32 Å². The summed E-state index contributed by atoms with van der Waals surface area (Å²) >= 11 is 0. The van der Waals surface area contributed by atoms with E-state index in [9.17, 15) is 4.79 Å². The number of rotatable bonds is 5. The van der Waals surface area contributed by atoms with Crippen LogP contribution in [0.4, 0.5) is 5.69 Å². The first-order valence-corrected chi connectivity index (χ1v) is 5.95. The molecule has 0 aliphatic heterocycles. The highest BCUT2D eigenvalue weighted by molar-refractivity contribution is 5.83. The number of esters is 1. The summed E-state index contributed by atoms with van der Waals surface area (Å²) in [5.74, 6) is -0.268. The summed E-state index contributed by atoms with van der Waals surface area (Å²) in [6, 6.07) is 8.16. The van der Waals surface area contributed by atoms with Gasteiger partial charge < -0.3 is 10.1 Å². The van der Waals surface area contributed by atoms with Crippen molar-refractivity contribution in [2.45, 2.75) is 39.2 Å². The van der Waals surface area contributed by atoms with Gasteiger partial charge in [-0.15, -0.1) is 0 Å². The van der Waals surface area contributed by atoms with Crippen molar-refractivity contribution in [3.63, 3.8) is 0 Å². The molecule has 0 radical (unpaired) electrons. The van der Waals surface area contributed by atoms with Gasteiger partial charge in [0.25, 0.3) is 0 Å². The van der Waals surface area contributed by atoms with Gasteiger partial charge in [0.15, 0.2) is 0 Å². The molecule has 0 aliphatic carbocycles. The van der Waals surface area contributed by atoms with Crippen LogP contribution in [0.2, 0.25) is 0 Å². The molecule has 0 aromatic heterocycles. The van der Waals surface area contributed by atoms with Crippen molar-refractivity contribution in [2.24, 2.45) is 0 Å². The number of methoxy groups -OCH3 is 1. The Bertz CT molecular complexity index is 368. The Kier molecular flexibility index (Phi) is 4.55. The van der Waals surface area contributed by atoms with E-state index in [1.165, 1.54) is 12.7 Å². The lowest BCUT2D eigenvalue weighted by atomic mass is 10.0. The van der Waals surface area contributed by atoms with Crippen molar-refractivity contribution >= 4 is 11.7 Å². The average molecular weight is 235 g/mol. The maximum atomic E-state index is 11.5. The zero-order chi connectivity index (χ0) is 12.9. The van der Waals surface area contributed by atoms with Crippen LogP contribution in [0.25, 0.3) is 0 Å². The molecule has 0 heterocycles. The zero-order valence-corrected chi connectivity index (χ0v) is 11.0. The van der Waals surface area contributed by atoms with Gasteiger partial charge in [0, 0.05) is 5.69 Å². The van der Waals surface area contributed by atoms with Gasteiger partial charge in [-0.3, -0.25) is 0 Å². The van der Waals surface area contributed by atoms with Crippen LogP contribution >= 0.6 is 0 Å². The molecule has 1 aromatic carbocycles. The average Bonchev–Trinajstić information content (AvgIpc) is 2.30. The molecule has 0 fully saturated rings. The molecular weight excluding hydrogens is 214 g/mol. The van der Waals surface area contributed by atoms with Crippen molar-refractivity contribution in [3.8, 4) is 0 Å². The van der Waals surface area contributed by atoms with E-state index in [2.05, 4.69) is 24.4 Å². The van der Waals surface area contributed by atoms with Crippen LogP contribution in [0.15, 0.2) is 24.3 Å². The Morgan fingerprint density at radius 3 is 2.35 bits per heavy atom. The molecule has 17 heavy (non-hydrogen) atoms. The molecule has 3 heteroatoms. The van der Waals surface area contributed by atoms with E-state index in [1.807, 2.05) is 12.1 Å². The van der Waals surface area contributed by atoms with Gasteiger partial charge in [0.1, 0.15) is 5.54 Å². The second-order valence-electron chi connectivity index (χ2n) is 4.69. The Balaban J connectivity index is 2.71. The fourth-order valence-corrected chi connectivity index (χ4v) is 1.71. The predicted molar refractivity (Wildman–Crippen MR) is 70.2 cm³/mol. The van der Waals surface area contributed by atoms with Crippen LogP contribution in [-0.2, 0) is 16.0 Å². The fraction of sp³-hybridized carbons (Fsp3) is 0.500. The molecule has 0 atom stereocenters. The minimum absolute atomic E-state index is 0.268. The predicted octanol–water partition coefficient (Wildman–Crippen LogP) is 3.00. The third kappa shape index (κ3) is 3.77. The van der Waals surface area contributed by atoms with E-state index >= 15 is 0 Å². The smallest absolute Gasteiger partial charge is 0.330 e. The van der Waals surface area contributed by atoms with Gasteiger partial charge in [-0.05, 0) is 38.0 Å². The summed E-state index contributed by atoms with van der Waals surface area (Å²) in [5, 5.41) is 3.16. The first-order chi connectivity index (χ1) is 7.99. The number of anilines is 1. The number of benzene rings is 1. The molecule has 1 rings (SSSR count). The SMILES string of the molecule is CCCc1ccc(NC(C)(C)C(=O)OC)cc1. The van der Waals surface area contributed by atoms with Crippen molar-refractivity contribution in [1.82, 2.24) is 0 Å². The number of carbonyl (C=O) groups is 1. The summed E-state index contributed by atoms with van der Waals surface area (Å²) in [4.78, 5) is 11.5. The minimum Gasteiger partial charge on any atom is -0.467 e. The van der Waals surface area contributed by atoms with Gasteiger partial charge in [-0.2, -0.15) is 0 Å². The molecule has 0 aliphatic rings. The van der Waals surface area contributed by atoms with Gasteiger partial charge in [0.05, 0.1) is 7.11 Å². The number of ether oxygens (including phenoxy) is 1. The lowest BCUT2D eigenvalue weighted by molar-refractivity contribution is -0.144. The molecule has 0 unspecified atom stereocenters. The van der Waals surface area contributed by atoms with Gasteiger partial charge in [-0.25, -0.2) is 4.79 Å². The minimum atomic E-state index is -0.707. The molecule has 0 amide bonds. The van der Waals surface area contributed by atoms with E-state index in [4.69, 9.17) is 4.74 Å². The lowest BCUT2D eigenvalue weighted by Gasteiger charge is -2.24. The Morgan fingerprint density at radius 2 is 1.88 bits per heavy atom. The molecular formula is C14H21NO2. The molecule has 1 N–H and O–H groups in total. The molecule has 0 saturated heterocycles. The molecule has 0 saturated carbocycles. The molecule has 0 spiro atoms. The Morgan fingerprint density at radius 1 is 1.29 bits per heavy atom. The monoisotopic (exact) mass is 235 g/mol. The van der Waals surface area contributed by atoms with Crippen molar-refractivity contribution < 1.29 is 9.53 Å². The first-order valence-electron chi connectivity index (χ1n) is 5.95. The summed E-state index contributed by atoms with van der Waals surface area (Å²) in [5.41, 5.74) is 1.54. The number of carbonyl (C=O) groups excluding carboxylic acids is 1. The third-order valence-electron chi connectivity index (χ3n) is 2.65. The van der Waals surface area contributed by atoms with Crippen molar-refractivity contribution in [2.75, 3.05) is 12.4 Å². The second-order valence-corrected chi connectivity index (χ2v) is 4.69. The van der Waals surface area contributed by atoms with Gasteiger partial charge >= 0.3 is 5.97 Å². The summed E-state index contributed by atoms with van der Waals surface area (Å²) in [6.07, 6.45) is 2.22. The number of hydrogen-bond acceptors (Lipinski definition) is 3. The summed E-state index contributed by atoms with van der Waals surface area (Å²) < 4.78 is 4.75. The molecule has 94 valence electrons. The highest BCUT2D eigenvalue weighted by Crippen LogP contribution is 2.17. The van der Waals surface area contributed by atoms with Crippen LogP contribution in [0, 0.1) is 0 Å². The number of nitrogens with one attached hydrogen (secondary N) is 1. The Hall–Kier alpha value is -1.51. The number of hydrogen-bond donors (Lipinski definition) is 1. The van der Waals surface area contributed by atoms with Crippen molar-refractivity contribution in [1.29, 1.82) is 0 Å². The fourth-order valence-electron chi connectivity index (χ4n) is 1.71. The highest BCUT2D eigenvalue weighted by Gasteiger charge is 2.28. The summed E-state index contributed by atoms with van der Waals surface area (Å²) in [7, 11) is 1.40. The van der Waals surface area contributed by atoms with Gasteiger partial charge in [0.2, 0.25) is 0 Å². The van der Waals surface area contributed by atoms with Crippen LogP contribution in [0.3, 0.4) is 0 Å². The van der Waals surface area contributed by atoms with E-state index < -0.39 is 5.54 Å². The second kappa shape index (κ2) is 5.71. The zero-order valence-electron chi connectivity index (χ0n) is 11.0. The maximum Gasteiger partial charge on any atom is 0.330 e. The highest BCUT2D eigenvalue weighted by atomic mass is 16.5. The molecule has 0 bridgehead atoms. The maximum absolute atomic E-state index is 11.5. The Labute approximate surface area is 103 Å². The quantitative estimate of drug-likeness (QED) is 0.797. The molecule has 1 aromatic rings. The van der Waals surface area contributed by atoms with E-state index in [1.54, 1.807) is 13.8 Å². The van der Waals surface area contributed by atoms with Crippen LogP contribution in [-0.4, -0.2) is 18.6 Å². The van der Waals surface area contributed by atoms with Gasteiger partial charge in [-0.1, -0.05) is 25.5 Å². The third-order valence-corrected chi connectivity index (χ3v) is 2.65. The normalized spacial score (nSPS) is 11.1. The standard InChI is InChI=1S/C14H21NO2/c1-5-6-11-7-9-12(10-8-11)15-14(2,3)13(16)17-4/h7-10,15H,5-6H2,1-4H3. The lowest BCUT2D eigenvalue weighted by Crippen LogP contribution is -2.41. The van der Waals surface area contributed by atoms with Crippen molar-refractivity contribution in [3.05, 3.63) is 29.8 Å². The van der Waals surface area contributed by atoms with Crippen LogP contribution in [0.1, 0.15) is 32.8 Å². The summed E-state index contributed by atoms with van der Waals surface area (Å²) in [6.45, 7) is 5.77. The first kappa shape index (κ1) is 13.6.